The molecule has 6 heteroatoms. The summed E-state index contributed by atoms with van der Waals surface area (Å²) in [5.74, 6) is 0. The molecule has 5 rings (SSSR count). The number of anilines is 2. The highest BCUT2D eigenvalue weighted by molar-refractivity contribution is 7.22. The highest BCUT2D eigenvalue weighted by Crippen LogP contribution is 2.35. The zero-order valence-corrected chi connectivity index (χ0v) is 18.4. The average molecular weight is 409 g/mol. The molecular weight excluding hydrogens is 384 g/mol. The second kappa shape index (κ2) is 6.71. The minimum Gasteiger partial charge on any atom is -0.345 e. The molecule has 0 spiro atoms. The summed E-state index contributed by atoms with van der Waals surface area (Å²) in [7, 11) is 0. The van der Waals surface area contributed by atoms with Gasteiger partial charge in [-0.1, -0.05) is 34.8 Å². The Hall–Kier alpha value is -2.18. The Morgan fingerprint density at radius 3 is 1.43 bits per heavy atom. The van der Waals surface area contributed by atoms with Crippen molar-refractivity contribution in [2.24, 2.45) is 0 Å². The van der Waals surface area contributed by atoms with Gasteiger partial charge in [0.15, 0.2) is 10.3 Å². The van der Waals surface area contributed by atoms with Crippen LogP contribution in [0.15, 0.2) is 24.3 Å². The molecule has 0 unspecified atom stereocenters. The third-order valence-corrected chi connectivity index (χ3v) is 8.13. The van der Waals surface area contributed by atoms with Crippen molar-refractivity contribution < 1.29 is 0 Å². The summed E-state index contributed by atoms with van der Waals surface area (Å²) in [4.78, 5) is 14.8. The van der Waals surface area contributed by atoms with Gasteiger partial charge in [-0.25, -0.2) is 9.97 Å². The third-order valence-electron chi connectivity index (χ3n) is 5.97. The van der Waals surface area contributed by atoms with Gasteiger partial charge in [0, 0.05) is 26.2 Å². The van der Waals surface area contributed by atoms with Crippen LogP contribution in [-0.4, -0.2) is 36.1 Å². The highest BCUT2D eigenvalue weighted by Gasteiger charge is 2.23. The van der Waals surface area contributed by atoms with Crippen molar-refractivity contribution in [1.82, 2.24) is 9.97 Å². The van der Waals surface area contributed by atoms with E-state index in [2.05, 4.69) is 61.8 Å². The summed E-state index contributed by atoms with van der Waals surface area (Å²) in [6.07, 6.45) is 0. The summed E-state index contributed by atoms with van der Waals surface area (Å²) in [5.41, 5.74) is 7.57. The molecule has 0 atom stereocenters. The van der Waals surface area contributed by atoms with E-state index >= 15 is 0 Å². The average Bonchev–Trinajstić information content (AvgIpc) is 3.33. The van der Waals surface area contributed by atoms with Crippen molar-refractivity contribution in [2.75, 3.05) is 36.0 Å². The molecule has 1 aliphatic rings. The van der Waals surface area contributed by atoms with Crippen molar-refractivity contribution in [3.8, 4) is 0 Å². The van der Waals surface area contributed by atoms with E-state index in [-0.39, 0.29) is 0 Å². The van der Waals surface area contributed by atoms with Crippen molar-refractivity contribution in [3.05, 3.63) is 46.5 Å². The lowest BCUT2D eigenvalue weighted by atomic mass is 10.1. The summed E-state index contributed by atoms with van der Waals surface area (Å²) < 4.78 is 2.58. The minimum absolute atomic E-state index is 0.992. The monoisotopic (exact) mass is 408 g/mol. The molecule has 0 saturated carbocycles. The third kappa shape index (κ3) is 2.86. The highest BCUT2D eigenvalue weighted by atomic mass is 32.1. The Labute approximate surface area is 173 Å². The maximum Gasteiger partial charge on any atom is 0.186 e. The maximum atomic E-state index is 4.96. The topological polar surface area (TPSA) is 32.3 Å². The second-order valence-corrected chi connectivity index (χ2v) is 9.69. The molecule has 144 valence electrons. The number of fused-ring (bicyclic) bond motifs is 2. The normalized spacial score (nSPS) is 15.1. The predicted molar refractivity (Wildman–Crippen MR) is 123 cm³/mol. The van der Waals surface area contributed by atoms with Gasteiger partial charge in [0.05, 0.1) is 20.4 Å². The van der Waals surface area contributed by atoms with Crippen LogP contribution >= 0.6 is 22.7 Å². The van der Waals surface area contributed by atoms with Crippen LogP contribution in [0.3, 0.4) is 0 Å². The second-order valence-electron chi connectivity index (χ2n) is 7.68. The van der Waals surface area contributed by atoms with Crippen molar-refractivity contribution in [1.29, 1.82) is 0 Å². The molecule has 0 aliphatic carbocycles. The van der Waals surface area contributed by atoms with Crippen molar-refractivity contribution in [3.63, 3.8) is 0 Å². The number of aryl methyl sites for hydroxylation is 4. The van der Waals surface area contributed by atoms with Gasteiger partial charge in [0.2, 0.25) is 0 Å². The quantitative estimate of drug-likeness (QED) is 0.440. The zero-order chi connectivity index (χ0) is 19.4. The minimum atomic E-state index is 0.992. The lowest BCUT2D eigenvalue weighted by Gasteiger charge is -2.34. The van der Waals surface area contributed by atoms with E-state index < -0.39 is 0 Å². The Morgan fingerprint density at radius 2 is 1.04 bits per heavy atom. The van der Waals surface area contributed by atoms with Crippen LogP contribution in [0.2, 0.25) is 0 Å². The van der Waals surface area contributed by atoms with Crippen LogP contribution in [-0.2, 0) is 0 Å². The fourth-order valence-corrected chi connectivity index (χ4v) is 5.94. The van der Waals surface area contributed by atoms with Gasteiger partial charge in [-0.2, -0.15) is 0 Å². The number of piperazine rings is 1. The Morgan fingerprint density at radius 1 is 0.643 bits per heavy atom. The van der Waals surface area contributed by atoms with Gasteiger partial charge in [0.1, 0.15) is 0 Å². The van der Waals surface area contributed by atoms with Crippen molar-refractivity contribution >= 4 is 53.4 Å². The molecule has 0 amide bonds. The van der Waals surface area contributed by atoms with Gasteiger partial charge in [0.25, 0.3) is 0 Å². The SMILES string of the molecule is Cc1ccc2sc(N3CCN(c4nc5c(C)c(C)ccc5s4)CC3)nc2c1C. The van der Waals surface area contributed by atoms with E-state index in [1.165, 1.54) is 42.7 Å². The number of aromatic nitrogens is 2. The molecule has 4 aromatic rings. The van der Waals surface area contributed by atoms with E-state index in [0.29, 0.717) is 0 Å². The lowest BCUT2D eigenvalue weighted by molar-refractivity contribution is 0.651. The molecule has 0 N–H and O–H groups in total. The van der Waals surface area contributed by atoms with Gasteiger partial charge >= 0.3 is 0 Å². The van der Waals surface area contributed by atoms with Crippen LogP contribution in [0, 0.1) is 27.7 Å². The first-order valence-electron chi connectivity index (χ1n) is 9.74. The fourth-order valence-electron chi connectivity index (χ4n) is 3.79. The summed E-state index contributed by atoms with van der Waals surface area (Å²) in [5, 5.41) is 2.30. The van der Waals surface area contributed by atoms with Gasteiger partial charge in [-0.3, -0.25) is 0 Å². The maximum absolute atomic E-state index is 4.96. The molecule has 0 bridgehead atoms. The molecule has 1 aliphatic heterocycles. The van der Waals surface area contributed by atoms with Crippen LogP contribution < -0.4 is 9.80 Å². The smallest absolute Gasteiger partial charge is 0.186 e. The standard InChI is InChI=1S/C22H24N4S2/c1-13-5-7-17-19(15(13)3)23-21(27-17)25-9-11-26(12-10-25)22-24-20-16(4)14(2)6-8-18(20)28-22/h5-8H,9-12H2,1-4H3. The van der Waals surface area contributed by atoms with E-state index in [4.69, 9.17) is 9.97 Å². The molecule has 4 nitrogen and oxygen atoms in total. The summed E-state index contributed by atoms with van der Waals surface area (Å²) in [6, 6.07) is 8.82. The molecule has 28 heavy (non-hydrogen) atoms. The van der Waals surface area contributed by atoms with Gasteiger partial charge in [-0.15, -0.1) is 0 Å². The number of hydrogen-bond donors (Lipinski definition) is 0. The lowest BCUT2D eigenvalue weighted by Crippen LogP contribution is -2.46. The zero-order valence-electron chi connectivity index (χ0n) is 16.7. The van der Waals surface area contributed by atoms with E-state index in [1.807, 2.05) is 22.7 Å². The number of hydrogen-bond acceptors (Lipinski definition) is 6. The number of benzene rings is 2. The molecule has 2 aromatic heterocycles. The van der Waals surface area contributed by atoms with Crippen LogP contribution in [0.1, 0.15) is 22.3 Å². The van der Waals surface area contributed by atoms with Crippen LogP contribution in [0.5, 0.6) is 0 Å². The largest absolute Gasteiger partial charge is 0.345 e. The fraction of sp³-hybridized carbons (Fsp3) is 0.364. The van der Waals surface area contributed by atoms with Gasteiger partial charge in [-0.05, 0) is 62.1 Å². The molecule has 2 aromatic carbocycles. The molecule has 0 radical (unpaired) electrons. The van der Waals surface area contributed by atoms with Crippen LogP contribution in [0.25, 0.3) is 20.4 Å². The van der Waals surface area contributed by atoms with E-state index in [9.17, 15) is 0 Å². The molecule has 3 heterocycles. The Balaban J connectivity index is 1.36. The van der Waals surface area contributed by atoms with E-state index in [1.54, 1.807) is 0 Å². The molecular formula is C22H24N4S2. The summed E-state index contributed by atoms with van der Waals surface area (Å²) in [6.45, 7) is 12.6. The number of rotatable bonds is 2. The first-order chi connectivity index (χ1) is 13.5. The molecule has 1 saturated heterocycles. The van der Waals surface area contributed by atoms with Crippen LogP contribution in [0.4, 0.5) is 10.3 Å². The Bertz CT molecular complexity index is 1090. The first-order valence-corrected chi connectivity index (χ1v) is 11.4. The Kier molecular flexibility index (Phi) is 4.29. The number of nitrogens with zero attached hydrogens (tertiary/aromatic N) is 4. The molecule has 1 fully saturated rings. The first kappa shape index (κ1) is 17.9. The number of thiazole rings is 2. The van der Waals surface area contributed by atoms with E-state index in [0.717, 1.165) is 36.4 Å². The predicted octanol–water partition coefficient (Wildman–Crippen LogP) is 5.47. The van der Waals surface area contributed by atoms with Crippen molar-refractivity contribution in [2.45, 2.75) is 27.7 Å². The van der Waals surface area contributed by atoms with Gasteiger partial charge < -0.3 is 9.80 Å². The summed E-state index contributed by atoms with van der Waals surface area (Å²) >= 11 is 3.63.